The smallest absolute Gasteiger partial charge is 0.251 e. The third-order valence-electron chi connectivity index (χ3n) is 2.62. The quantitative estimate of drug-likeness (QED) is 0.916. The summed E-state index contributed by atoms with van der Waals surface area (Å²) in [5, 5.41) is 13.9. The van der Waals surface area contributed by atoms with E-state index in [1.807, 2.05) is 30.3 Å². The van der Waals surface area contributed by atoms with E-state index < -0.39 is 6.10 Å². The number of fused-ring (bicyclic) bond motifs is 1. The van der Waals surface area contributed by atoms with Gasteiger partial charge in [-0.25, -0.2) is 0 Å². The molecule has 0 aliphatic heterocycles. The number of carbonyl (C=O) groups excluding carboxylic acids is 1. The lowest BCUT2D eigenvalue weighted by atomic mass is 10.1. The van der Waals surface area contributed by atoms with Gasteiger partial charge in [-0.3, -0.25) is 4.79 Å². The van der Waals surface area contributed by atoms with Gasteiger partial charge in [0.05, 0.1) is 6.10 Å². The Balaban J connectivity index is 2.24. The lowest BCUT2D eigenvalue weighted by molar-refractivity contribution is 0.0924. The number of rotatable bonds is 3. The van der Waals surface area contributed by atoms with Gasteiger partial charge in [-0.15, -0.1) is 0 Å². The molecule has 1 atom stereocenters. The van der Waals surface area contributed by atoms with Crippen molar-refractivity contribution in [1.82, 2.24) is 5.32 Å². The van der Waals surface area contributed by atoms with Crippen molar-refractivity contribution in [3.05, 3.63) is 46.4 Å². The highest BCUT2D eigenvalue weighted by atomic mass is 79.9. The van der Waals surface area contributed by atoms with Crippen molar-refractivity contribution in [2.75, 3.05) is 6.54 Å². The van der Waals surface area contributed by atoms with E-state index in [4.69, 9.17) is 5.11 Å². The number of halogens is 1. The topological polar surface area (TPSA) is 49.3 Å². The van der Waals surface area contributed by atoms with Crippen LogP contribution in [0.5, 0.6) is 0 Å². The average molecular weight is 308 g/mol. The SMILES string of the molecule is C[C@@H](O)CNC(=O)c1ccc2cc(Br)ccc2c1. The zero-order chi connectivity index (χ0) is 13.1. The Bertz CT molecular complexity index is 581. The predicted molar refractivity (Wildman–Crippen MR) is 75.7 cm³/mol. The average Bonchev–Trinajstić information content (AvgIpc) is 2.35. The number of nitrogens with one attached hydrogen (secondary N) is 1. The zero-order valence-electron chi connectivity index (χ0n) is 9.98. The fourth-order valence-electron chi connectivity index (χ4n) is 1.70. The normalized spacial score (nSPS) is 12.4. The summed E-state index contributed by atoms with van der Waals surface area (Å²) in [6.45, 7) is 1.90. The second-order valence-electron chi connectivity index (χ2n) is 4.27. The predicted octanol–water partition coefficient (Wildman–Crippen LogP) is 2.71. The zero-order valence-corrected chi connectivity index (χ0v) is 11.6. The molecule has 0 heterocycles. The maximum absolute atomic E-state index is 11.8. The van der Waals surface area contributed by atoms with E-state index in [0.29, 0.717) is 5.56 Å². The van der Waals surface area contributed by atoms with Gasteiger partial charge in [0, 0.05) is 16.6 Å². The summed E-state index contributed by atoms with van der Waals surface area (Å²) >= 11 is 3.41. The Morgan fingerprint density at radius 3 is 2.67 bits per heavy atom. The van der Waals surface area contributed by atoms with Crippen LogP contribution in [0.15, 0.2) is 40.9 Å². The molecule has 2 N–H and O–H groups in total. The van der Waals surface area contributed by atoms with Crippen LogP contribution in [0.25, 0.3) is 10.8 Å². The van der Waals surface area contributed by atoms with E-state index >= 15 is 0 Å². The molecule has 0 saturated heterocycles. The summed E-state index contributed by atoms with van der Waals surface area (Å²) in [5.74, 6) is -0.166. The first-order chi connectivity index (χ1) is 8.56. The molecular weight excluding hydrogens is 294 g/mol. The molecule has 2 rings (SSSR count). The van der Waals surface area contributed by atoms with Crippen molar-refractivity contribution in [3.8, 4) is 0 Å². The molecule has 0 aromatic heterocycles. The molecule has 2 aromatic rings. The highest BCUT2D eigenvalue weighted by Gasteiger charge is 2.07. The fraction of sp³-hybridized carbons (Fsp3) is 0.214. The molecule has 1 amide bonds. The summed E-state index contributed by atoms with van der Waals surface area (Å²) < 4.78 is 1.02. The molecule has 18 heavy (non-hydrogen) atoms. The molecule has 0 aliphatic rings. The van der Waals surface area contributed by atoms with Gasteiger partial charge in [0.25, 0.3) is 5.91 Å². The lowest BCUT2D eigenvalue weighted by Crippen LogP contribution is -2.30. The van der Waals surface area contributed by atoms with Gasteiger partial charge in [0.15, 0.2) is 0 Å². The monoisotopic (exact) mass is 307 g/mol. The van der Waals surface area contributed by atoms with Crippen molar-refractivity contribution in [2.45, 2.75) is 13.0 Å². The molecule has 0 radical (unpaired) electrons. The molecule has 0 aliphatic carbocycles. The van der Waals surface area contributed by atoms with Gasteiger partial charge < -0.3 is 10.4 Å². The molecule has 0 fully saturated rings. The molecule has 0 spiro atoms. The Hall–Kier alpha value is -1.39. The van der Waals surface area contributed by atoms with E-state index in [-0.39, 0.29) is 12.5 Å². The largest absolute Gasteiger partial charge is 0.392 e. The second-order valence-corrected chi connectivity index (χ2v) is 5.18. The molecule has 2 aromatic carbocycles. The molecule has 94 valence electrons. The van der Waals surface area contributed by atoms with Crippen molar-refractivity contribution < 1.29 is 9.90 Å². The van der Waals surface area contributed by atoms with Crippen LogP contribution in [0.2, 0.25) is 0 Å². The maximum Gasteiger partial charge on any atom is 0.251 e. The number of benzene rings is 2. The second kappa shape index (κ2) is 5.50. The minimum absolute atomic E-state index is 0.166. The van der Waals surface area contributed by atoms with Gasteiger partial charge in [-0.05, 0) is 42.0 Å². The number of hydrogen-bond donors (Lipinski definition) is 2. The standard InChI is InChI=1S/C14H14BrNO2/c1-9(17)8-16-14(18)12-3-2-11-7-13(15)5-4-10(11)6-12/h2-7,9,17H,8H2,1H3,(H,16,18)/t9-/m1/s1. The van der Waals surface area contributed by atoms with Crippen LogP contribution >= 0.6 is 15.9 Å². The lowest BCUT2D eigenvalue weighted by Gasteiger charge is -2.08. The van der Waals surface area contributed by atoms with Gasteiger partial charge in [-0.2, -0.15) is 0 Å². The van der Waals surface area contributed by atoms with Crippen LogP contribution in [-0.4, -0.2) is 23.7 Å². The van der Waals surface area contributed by atoms with E-state index in [1.54, 1.807) is 13.0 Å². The van der Waals surface area contributed by atoms with Gasteiger partial charge in [-0.1, -0.05) is 28.1 Å². The van der Waals surface area contributed by atoms with Gasteiger partial charge >= 0.3 is 0 Å². The maximum atomic E-state index is 11.8. The van der Waals surface area contributed by atoms with Crippen molar-refractivity contribution in [3.63, 3.8) is 0 Å². The van der Waals surface area contributed by atoms with Crippen molar-refractivity contribution in [2.24, 2.45) is 0 Å². The first-order valence-electron chi connectivity index (χ1n) is 5.72. The molecule has 0 saturated carbocycles. The molecule has 0 unspecified atom stereocenters. The van der Waals surface area contributed by atoms with Crippen LogP contribution in [0, 0.1) is 0 Å². The van der Waals surface area contributed by atoms with Crippen LogP contribution in [0.4, 0.5) is 0 Å². The van der Waals surface area contributed by atoms with E-state index in [0.717, 1.165) is 15.2 Å². The number of amides is 1. The van der Waals surface area contributed by atoms with E-state index in [1.165, 1.54) is 0 Å². The van der Waals surface area contributed by atoms with Crippen LogP contribution < -0.4 is 5.32 Å². The summed E-state index contributed by atoms with van der Waals surface area (Å²) in [6, 6.07) is 11.5. The highest BCUT2D eigenvalue weighted by molar-refractivity contribution is 9.10. The van der Waals surface area contributed by atoms with Crippen molar-refractivity contribution >= 4 is 32.6 Å². The first-order valence-corrected chi connectivity index (χ1v) is 6.51. The molecule has 0 bridgehead atoms. The minimum Gasteiger partial charge on any atom is -0.392 e. The summed E-state index contributed by atoms with van der Waals surface area (Å²) in [7, 11) is 0. The van der Waals surface area contributed by atoms with E-state index in [9.17, 15) is 4.79 Å². The van der Waals surface area contributed by atoms with E-state index in [2.05, 4.69) is 21.2 Å². The van der Waals surface area contributed by atoms with Gasteiger partial charge in [0.2, 0.25) is 0 Å². The summed E-state index contributed by atoms with van der Waals surface area (Å²) in [6.07, 6.45) is -0.537. The Morgan fingerprint density at radius 1 is 1.28 bits per heavy atom. The number of carbonyl (C=O) groups is 1. The number of aliphatic hydroxyl groups is 1. The highest BCUT2D eigenvalue weighted by Crippen LogP contribution is 2.20. The minimum atomic E-state index is -0.537. The van der Waals surface area contributed by atoms with Crippen LogP contribution in [0.1, 0.15) is 17.3 Å². The third kappa shape index (κ3) is 3.09. The third-order valence-corrected chi connectivity index (χ3v) is 3.12. The van der Waals surface area contributed by atoms with Gasteiger partial charge in [0.1, 0.15) is 0 Å². The Kier molecular flexibility index (Phi) is 3.99. The number of hydrogen-bond acceptors (Lipinski definition) is 2. The molecule has 4 heteroatoms. The van der Waals surface area contributed by atoms with Crippen LogP contribution in [-0.2, 0) is 0 Å². The first kappa shape index (κ1) is 13.1. The fourth-order valence-corrected chi connectivity index (χ4v) is 2.08. The molecule has 3 nitrogen and oxygen atoms in total. The summed E-state index contributed by atoms with van der Waals surface area (Å²) in [4.78, 5) is 11.8. The van der Waals surface area contributed by atoms with Crippen molar-refractivity contribution in [1.29, 1.82) is 0 Å². The summed E-state index contributed by atoms with van der Waals surface area (Å²) in [5.41, 5.74) is 0.602. The van der Waals surface area contributed by atoms with Crippen LogP contribution in [0.3, 0.4) is 0 Å². The molecular formula is C14H14BrNO2. The Labute approximate surface area is 114 Å². The Morgan fingerprint density at radius 2 is 1.94 bits per heavy atom. The number of aliphatic hydroxyl groups excluding tert-OH is 1.